The number of carbonyl (C=O) groups is 1. The Bertz CT molecular complexity index is 1250. The van der Waals surface area contributed by atoms with Crippen LogP contribution in [0.1, 0.15) is 27.7 Å². The summed E-state index contributed by atoms with van der Waals surface area (Å²) in [4.78, 5) is 14.6. The van der Waals surface area contributed by atoms with Gasteiger partial charge in [-0.05, 0) is 70.2 Å². The molecular weight excluding hydrogens is 466 g/mol. The molecule has 1 saturated heterocycles. The number of carbonyl (C=O) groups excluding carboxylic acids is 1. The fraction of sp³-hybridized carbons (Fsp3) is 0.409. The molecule has 2 aromatic rings. The fourth-order valence-corrected chi connectivity index (χ4v) is 7.15. The molecule has 3 rings (SSSR count). The van der Waals surface area contributed by atoms with Gasteiger partial charge >= 0.3 is 0 Å². The molecule has 1 amide bonds. The summed E-state index contributed by atoms with van der Waals surface area (Å²) in [5.41, 5.74) is 0.138. The normalized spacial score (nSPS) is 17.1. The smallest absolute Gasteiger partial charge is 0.265 e. The summed E-state index contributed by atoms with van der Waals surface area (Å²) in [5.74, 6) is -0.949. The van der Waals surface area contributed by atoms with E-state index in [0.717, 1.165) is 24.8 Å². The fourth-order valence-electron chi connectivity index (χ4n) is 3.80. The van der Waals surface area contributed by atoms with Crippen LogP contribution in [0.3, 0.4) is 0 Å². The lowest BCUT2D eigenvalue weighted by atomic mass is 9.95. The lowest BCUT2D eigenvalue weighted by Crippen LogP contribution is -2.33. The molecule has 0 aromatic heterocycles. The van der Waals surface area contributed by atoms with Gasteiger partial charge in [-0.3, -0.25) is 9.52 Å². The summed E-state index contributed by atoms with van der Waals surface area (Å²) in [7, 11) is -6.78. The maximum atomic E-state index is 13.2. The number of nitrogens with one attached hydrogen (secondary N) is 1. The van der Waals surface area contributed by atoms with Crippen molar-refractivity contribution in [1.82, 2.24) is 0 Å². The molecule has 2 aromatic carbocycles. The lowest BCUT2D eigenvalue weighted by molar-refractivity contribution is -0.123. The van der Waals surface area contributed by atoms with E-state index in [2.05, 4.69) is 9.62 Å². The molecule has 0 aliphatic carbocycles. The zero-order valence-corrected chi connectivity index (χ0v) is 21.0. The van der Waals surface area contributed by atoms with Gasteiger partial charge in [-0.2, -0.15) is 0 Å². The Kier molecular flexibility index (Phi) is 6.67. The SMILES string of the molecule is CCN(CC)c1ccc(NS(=O)(=O)c2cc(N3C(=O)C(C)(C)CS3(=O)=O)ccc2OC)cc1. The van der Waals surface area contributed by atoms with Crippen LogP contribution in [0.25, 0.3) is 0 Å². The number of amides is 1. The van der Waals surface area contributed by atoms with Crippen LogP contribution in [0.4, 0.5) is 17.1 Å². The molecule has 1 N–H and O–H groups in total. The molecule has 9 nitrogen and oxygen atoms in total. The van der Waals surface area contributed by atoms with E-state index in [1.807, 2.05) is 26.0 Å². The van der Waals surface area contributed by atoms with E-state index in [4.69, 9.17) is 4.74 Å². The van der Waals surface area contributed by atoms with Crippen molar-refractivity contribution in [3.05, 3.63) is 42.5 Å². The summed E-state index contributed by atoms with van der Waals surface area (Å²) in [6, 6.07) is 10.8. The first kappa shape index (κ1) is 24.8. The monoisotopic (exact) mass is 495 g/mol. The van der Waals surface area contributed by atoms with Crippen LogP contribution in [0.2, 0.25) is 0 Å². The summed E-state index contributed by atoms with van der Waals surface area (Å²) in [6.45, 7) is 8.79. The zero-order chi connectivity index (χ0) is 24.6. The largest absolute Gasteiger partial charge is 0.495 e. The van der Waals surface area contributed by atoms with Crippen LogP contribution in [0.5, 0.6) is 5.75 Å². The van der Waals surface area contributed by atoms with Gasteiger partial charge in [0.1, 0.15) is 10.6 Å². The summed E-state index contributed by atoms with van der Waals surface area (Å²) in [6.07, 6.45) is 0. The van der Waals surface area contributed by atoms with Gasteiger partial charge in [0, 0.05) is 24.5 Å². The van der Waals surface area contributed by atoms with Gasteiger partial charge in [0.15, 0.2) is 0 Å². The Morgan fingerprint density at radius 2 is 1.70 bits per heavy atom. The Morgan fingerprint density at radius 3 is 2.18 bits per heavy atom. The Labute approximate surface area is 195 Å². The van der Waals surface area contributed by atoms with E-state index in [1.54, 1.807) is 12.1 Å². The van der Waals surface area contributed by atoms with Crippen molar-refractivity contribution in [1.29, 1.82) is 0 Å². The second-order valence-corrected chi connectivity index (χ2v) is 11.8. The standard InChI is InChI=1S/C22H29N3O6S2/c1-6-24(7-2)17-10-8-16(9-11-17)23-33(29,30)20-14-18(12-13-19(20)31-5)25-21(26)22(3,4)15-32(25,27)28/h8-14,23H,6-7,15H2,1-5H3. The van der Waals surface area contributed by atoms with Crippen molar-refractivity contribution in [2.75, 3.05) is 39.9 Å². The van der Waals surface area contributed by atoms with Crippen molar-refractivity contribution >= 4 is 43.0 Å². The average molecular weight is 496 g/mol. The molecule has 11 heteroatoms. The number of hydrogen-bond acceptors (Lipinski definition) is 7. The number of methoxy groups -OCH3 is 1. The molecule has 1 aliphatic heterocycles. The topological polar surface area (TPSA) is 113 Å². The number of nitrogens with zero attached hydrogens (tertiary/aromatic N) is 2. The highest BCUT2D eigenvalue weighted by molar-refractivity contribution is 7.94. The zero-order valence-electron chi connectivity index (χ0n) is 19.3. The van der Waals surface area contributed by atoms with E-state index in [0.29, 0.717) is 9.99 Å². The molecule has 0 radical (unpaired) electrons. The second kappa shape index (κ2) is 8.86. The van der Waals surface area contributed by atoms with Gasteiger partial charge in [-0.15, -0.1) is 0 Å². The molecule has 1 fully saturated rings. The van der Waals surface area contributed by atoms with Crippen LogP contribution >= 0.6 is 0 Å². The minimum atomic E-state index is -4.16. The third-order valence-corrected chi connectivity index (χ3v) is 8.93. The average Bonchev–Trinajstić information content (AvgIpc) is 2.91. The Morgan fingerprint density at radius 1 is 1.09 bits per heavy atom. The summed E-state index contributed by atoms with van der Waals surface area (Å²) < 4.78 is 60.0. The quantitative estimate of drug-likeness (QED) is 0.599. The first-order valence-corrected chi connectivity index (χ1v) is 13.6. The van der Waals surface area contributed by atoms with E-state index >= 15 is 0 Å². The Balaban J connectivity index is 1.99. The number of hydrogen-bond donors (Lipinski definition) is 1. The van der Waals surface area contributed by atoms with Crippen molar-refractivity contribution < 1.29 is 26.4 Å². The van der Waals surface area contributed by atoms with Crippen molar-refractivity contribution in [2.24, 2.45) is 5.41 Å². The number of ether oxygens (including phenoxy) is 1. The number of sulfonamides is 2. The molecule has 0 unspecified atom stereocenters. The van der Waals surface area contributed by atoms with E-state index in [9.17, 15) is 21.6 Å². The van der Waals surface area contributed by atoms with Crippen molar-refractivity contribution in [2.45, 2.75) is 32.6 Å². The minimum Gasteiger partial charge on any atom is -0.495 e. The first-order chi connectivity index (χ1) is 15.4. The molecule has 33 heavy (non-hydrogen) atoms. The van der Waals surface area contributed by atoms with Gasteiger partial charge in [0.05, 0.1) is 24.0 Å². The van der Waals surface area contributed by atoms with Gasteiger partial charge < -0.3 is 9.64 Å². The van der Waals surface area contributed by atoms with Gasteiger partial charge in [-0.1, -0.05) is 0 Å². The van der Waals surface area contributed by atoms with Crippen LogP contribution in [-0.2, 0) is 24.8 Å². The third kappa shape index (κ3) is 4.79. The maximum Gasteiger partial charge on any atom is 0.265 e. The predicted octanol–water partition coefficient (Wildman–Crippen LogP) is 3.04. The highest BCUT2D eigenvalue weighted by Crippen LogP contribution is 2.38. The summed E-state index contributed by atoms with van der Waals surface area (Å²) >= 11 is 0. The maximum absolute atomic E-state index is 13.2. The molecule has 0 atom stereocenters. The van der Waals surface area contributed by atoms with Crippen molar-refractivity contribution in [3.63, 3.8) is 0 Å². The number of anilines is 3. The van der Waals surface area contributed by atoms with Crippen LogP contribution in [0, 0.1) is 5.41 Å². The number of rotatable bonds is 8. The minimum absolute atomic E-state index is 0.0225. The second-order valence-electron chi connectivity index (χ2n) is 8.37. The highest BCUT2D eigenvalue weighted by Gasteiger charge is 2.50. The van der Waals surface area contributed by atoms with Crippen LogP contribution in [-0.4, -0.2) is 48.7 Å². The molecule has 0 bridgehead atoms. The predicted molar refractivity (Wildman–Crippen MR) is 129 cm³/mol. The van der Waals surface area contributed by atoms with Crippen LogP contribution < -0.4 is 18.7 Å². The first-order valence-electron chi connectivity index (χ1n) is 10.5. The molecule has 0 saturated carbocycles. The third-order valence-electron chi connectivity index (χ3n) is 5.50. The molecular formula is C22H29N3O6S2. The number of benzene rings is 2. The Hall–Kier alpha value is -2.79. The molecule has 1 aliphatic rings. The van der Waals surface area contributed by atoms with Crippen molar-refractivity contribution in [3.8, 4) is 5.75 Å². The van der Waals surface area contributed by atoms with Gasteiger partial charge in [0.25, 0.3) is 10.0 Å². The van der Waals surface area contributed by atoms with Crippen LogP contribution in [0.15, 0.2) is 47.4 Å². The summed E-state index contributed by atoms with van der Waals surface area (Å²) in [5, 5.41) is 0. The highest BCUT2D eigenvalue weighted by atomic mass is 32.2. The van der Waals surface area contributed by atoms with Gasteiger partial charge in [-0.25, -0.2) is 21.1 Å². The molecule has 0 spiro atoms. The van der Waals surface area contributed by atoms with E-state index in [1.165, 1.54) is 33.1 Å². The lowest BCUT2D eigenvalue weighted by Gasteiger charge is -2.21. The van der Waals surface area contributed by atoms with E-state index < -0.39 is 31.4 Å². The van der Waals surface area contributed by atoms with E-state index in [-0.39, 0.29) is 22.1 Å². The van der Waals surface area contributed by atoms with Gasteiger partial charge in [0.2, 0.25) is 15.9 Å². The molecule has 180 valence electrons. The molecule has 1 heterocycles.